The zero-order valence-electron chi connectivity index (χ0n) is 22.8. The van der Waals surface area contributed by atoms with E-state index in [1.54, 1.807) is 0 Å². The van der Waals surface area contributed by atoms with E-state index in [9.17, 15) is 0 Å². The van der Waals surface area contributed by atoms with Crippen LogP contribution in [0, 0.1) is 0 Å². The van der Waals surface area contributed by atoms with E-state index in [0.717, 1.165) is 28.5 Å². The predicted molar refractivity (Wildman–Crippen MR) is 167 cm³/mol. The second kappa shape index (κ2) is 10.4. The third-order valence-corrected chi connectivity index (χ3v) is 7.87. The average molecular weight is 529 g/mol. The first kappa shape index (κ1) is 24.8. The van der Waals surface area contributed by atoms with Gasteiger partial charge in [0.15, 0.2) is 17.5 Å². The van der Waals surface area contributed by atoms with Crippen molar-refractivity contribution >= 4 is 16.3 Å². The van der Waals surface area contributed by atoms with Gasteiger partial charge in [0, 0.05) is 34.5 Å². The van der Waals surface area contributed by atoms with Crippen molar-refractivity contribution in [3.8, 4) is 34.2 Å². The van der Waals surface area contributed by atoms with Gasteiger partial charge in [-0.25, -0.2) is 15.0 Å². The smallest absolute Gasteiger partial charge is 0.164 e. The van der Waals surface area contributed by atoms with Crippen LogP contribution in [0.2, 0.25) is 0 Å². The Morgan fingerprint density at radius 1 is 0.610 bits per heavy atom. The molecule has 6 aromatic rings. The third kappa shape index (κ3) is 4.85. The number of fused-ring (bicyclic) bond motifs is 1. The summed E-state index contributed by atoms with van der Waals surface area (Å²) < 4.78 is 0. The topological polar surface area (TPSA) is 51.6 Å². The van der Waals surface area contributed by atoms with Gasteiger partial charge in [0.2, 0.25) is 0 Å². The molecule has 1 aliphatic carbocycles. The van der Waals surface area contributed by atoms with Crippen LogP contribution in [-0.4, -0.2) is 19.9 Å². The lowest BCUT2D eigenvalue weighted by atomic mass is 9.75. The summed E-state index contributed by atoms with van der Waals surface area (Å²) in [6.07, 6.45) is 11.6. The van der Waals surface area contributed by atoms with Crippen LogP contribution in [0.3, 0.4) is 0 Å². The summed E-state index contributed by atoms with van der Waals surface area (Å²) in [6.45, 7) is 2.28. The molecule has 0 aliphatic heterocycles. The number of hydrogen-bond donors (Lipinski definition) is 0. The molecule has 0 N–H and O–H groups in total. The van der Waals surface area contributed by atoms with Crippen LogP contribution in [-0.2, 0) is 5.41 Å². The fourth-order valence-corrected chi connectivity index (χ4v) is 5.49. The van der Waals surface area contributed by atoms with Crippen LogP contribution >= 0.6 is 0 Å². The summed E-state index contributed by atoms with van der Waals surface area (Å²) in [7, 11) is 0. The predicted octanol–water partition coefficient (Wildman–Crippen LogP) is 8.72. The summed E-state index contributed by atoms with van der Waals surface area (Å²) in [5.74, 6) is 1.99. The van der Waals surface area contributed by atoms with E-state index in [1.165, 1.54) is 22.1 Å². The molecule has 1 unspecified atom stereocenters. The van der Waals surface area contributed by atoms with Gasteiger partial charge >= 0.3 is 0 Å². The van der Waals surface area contributed by atoms with Crippen LogP contribution in [0.1, 0.15) is 24.5 Å². The number of pyridine rings is 1. The molecule has 41 heavy (non-hydrogen) atoms. The number of allylic oxidation sites excluding steroid dienone is 4. The second-order valence-corrected chi connectivity index (χ2v) is 10.6. The molecule has 7 rings (SSSR count). The molecule has 0 radical (unpaired) electrons. The number of nitrogens with zero attached hydrogens (tertiary/aromatic N) is 4. The Morgan fingerprint density at radius 3 is 1.85 bits per heavy atom. The first-order chi connectivity index (χ1) is 20.2. The molecule has 196 valence electrons. The summed E-state index contributed by atoms with van der Waals surface area (Å²) in [5.41, 5.74) is 6.61. The second-order valence-electron chi connectivity index (χ2n) is 10.6. The zero-order valence-corrected chi connectivity index (χ0v) is 22.8. The van der Waals surface area contributed by atoms with E-state index < -0.39 is 0 Å². The Kier molecular flexibility index (Phi) is 6.29. The van der Waals surface area contributed by atoms with Crippen LogP contribution in [0.5, 0.6) is 0 Å². The Hall–Kier alpha value is -5.22. The zero-order chi connectivity index (χ0) is 27.6. The molecular weight excluding hydrogens is 500 g/mol. The third-order valence-electron chi connectivity index (χ3n) is 7.87. The van der Waals surface area contributed by atoms with Gasteiger partial charge in [-0.3, -0.25) is 4.98 Å². The molecule has 0 bridgehead atoms. The molecular formula is C37H28N4. The lowest BCUT2D eigenvalue weighted by molar-refractivity contribution is 0.600. The highest BCUT2D eigenvalue weighted by Crippen LogP contribution is 2.38. The highest BCUT2D eigenvalue weighted by molar-refractivity contribution is 5.98. The summed E-state index contributed by atoms with van der Waals surface area (Å²) in [6, 6.07) is 37.4. The maximum atomic E-state index is 4.91. The minimum atomic E-state index is -0.0319. The number of hydrogen-bond acceptors (Lipinski definition) is 4. The van der Waals surface area contributed by atoms with Crippen molar-refractivity contribution in [1.29, 1.82) is 0 Å². The molecule has 1 atom stereocenters. The molecule has 0 saturated heterocycles. The van der Waals surface area contributed by atoms with E-state index in [2.05, 4.69) is 78.7 Å². The highest BCUT2D eigenvalue weighted by atomic mass is 15.0. The normalized spacial score (nSPS) is 16.5. The standard InChI is InChI=1S/C37H28N4/c1-37(31-19-23-38-24-20-31)21-17-26(18-22-37)32-14-8-13-29-25-30(15-16-33(29)32)36-40-34(27-9-4-2-5-10-27)39-35(41-36)28-11-6-3-7-12-28/h2-21,23-25H,22H2,1H3. The first-order valence-corrected chi connectivity index (χ1v) is 13.9. The first-order valence-electron chi connectivity index (χ1n) is 13.9. The van der Waals surface area contributed by atoms with Gasteiger partial charge in [-0.05, 0) is 52.1 Å². The van der Waals surface area contributed by atoms with Gasteiger partial charge in [0.1, 0.15) is 0 Å². The average Bonchev–Trinajstić information content (AvgIpc) is 3.06. The van der Waals surface area contributed by atoms with Gasteiger partial charge in [0.05, 0.1) is 0 Å². The molecule has 0 fully saturated rings. The van der Waals surface area contributed by atoms with Crippen molar-refractivity contribution < 1.29 is 0 Å². The molecule has 2 aromatic heterocycles. The van der Waals surface area contributed by atoms with Crippen LogP contribution in [0.15, 0.2) is 140 Å². The summed E-state index contributed by atoms with van der Waals surface area (Å²) in [5, 5.41) is 2.36. The fraction of sp³-hybridized carbons (Fsp3) is 0.0811. The molecule has 0 amide bonds. The Labute approximate surface area is 239 Å². The van der Waals surface area contributed by atoms with Crippen molar-refractivity contribution in [2.75, 3.05) is 0 Å². The van der Waals surface area contributed by atoms with Crippen molar-refractivity contribution in [1.82, 2.24) is 19.9 Å². The molecule has 4 nitrogen and oxygen atoms in total. The van der Waals surface area contributed by atoms with Crippen LogP contribution in [0.25, 0.3) is 50.5 Å². The molecule has 2 heterocycles. The van der Waals surface area contributed by atoms with Gasteiger partial charge in [-0.1, -0.05) is 116 Å². The van der Waals surface area contributed by atoms with Crippen LogP contribution < -0.4 is 0 Å². The lowest BCUT2D eigenvalue weighted by Crippen LogP contribution is -2.20. The van der Waals surface area contributed by atoms with Crippen LogP contribution in [0.4, 0.5) is 0 Å². The number of rotatable bonds is 5. The van der Waals surface area contributed by atoms with E-state index in [4.69, 9.17) is 15.0 Å². The Balaban J connectivity index is 1.28. The Bertz CT molecular complexity index is 1850. The van der Waals surface area contributed by atoms with Gasteiger partial charge in [-0.2, -0.15) is 0 Å². The van der Waals surface area contributed by atoms with Crippen molar-refractivity contribution in [3.05, 3.63) is 151 Å². The van der Waals surface area contributed by atoms with Gasteiger partial charge < -0.3 is 0 Å². The fourth-order valence-electron chi connectivity index (χ4n) is 5.49. The molecule has 4 heteroatoms. The maximum absolute atomic E-state index is 4.91. The SMILES string of the molecule is CC1(c2ccncc2)C=CC(c2cccc3cc(-c4nc(-c5ccccc5)nc(-c5ccccc5)n4)ccc23)=CC1. The van der Waals surface area contributed by atoms with Gasteiger partial charge in [0.25, 0.3) is 0 Å². The Morgan fingerprint density at radius 2 is 1.24 bits per heavy atom. The minimum Gasteiger partial charge on any atom is -0.265 e. The summed E-state index contributed by atoms with van der Waals surface area (Å²) in [4.78, 5) is 18.8. The number of benzene rings is 4. The summed E-state index contributed by atoms with van der Waals surface area (Å²) >= 11 is 0. The number of aromatic nitrogens is 4. The highest BCUT2D eigenvalue weighted by Gasteiger charge is 2.25. The van der Waals surface area contributed by atoms with Crippen molar-refractivity contribution in [3.63, 3.8) is 0 Å². The van der Waals surface area contributed by atoms with E-state index >= 15 is 0 Å². The van der Waals surface area contributed by atoms with E-state index in [0.29, 0.717) is 17.5 Å². The quantitative estimate of drug-likeness (QED) is 0.224. The lowest BCUT2D eigenvalue weighted by Gasteiger charge is -2.29. The molecule has 0 spiro atoms. The largest absolute Gasteiger partial charge is 0.265 e. The molecule has 1 aliphatic rings. The maximum Gasteiger partial charge on any atom is 0.164 e. The minimum absolute atomic E-state index is 0.0319. The van der Waals surface area contributed by atoms with E-state index in [1.807, 2.05) is 73.1 Å². The van der Waals surface area contributed by atoms with Crippen molar-refractivity contribution in [2.24, 2.45) is 0 Å². The van der Waals surface area contributed by atoms with Gasteiger partial charge in [-0.15, -0.1) is 0 Å². The van der Waals surface area contributed by atoms with Crippen molar-refractivity contribution in [2.45, 2.75) is 18.8 Å². The monoisotopic (exact) mass is 528 g/mol. The molecule has 0 saturated carbocycles. The van der Waals surface area contributed by atoms with E-state index in [-0.39, 0.29) is 5.41 Å². The molecule has 4 aromatic carbocycles.